The van der Waals surface area contributed by atoms with Gasteiger partial charge in [-0.05, 0) is 67.4 Å². The van der Waals surface area contributed by atoms with Crippen LogP contribution in [0.2, 0.25) is 0 Å². The predicted octanol–water partition coefficient (Wildman–Crippen LogP) is 9.10. The summed E-state index contributed by atoms with van der Waals surface area (Å²) in [5.41, 5.74) is 11.3. The fourth-order valence-corrected chi connectivity index (χ4v) is 4.85. The van der Waals surface area contributed by atoms with Gasteiger partial charge < -0.3 is 14.4 Å². The van der Waals surface area contributed by atoms with Gasteiger partial charge in [-0.25, -0.2) is 4.98 Å². The number of furan rings is 1. The van der Waals surface area contributed by atoms with Crippen molar-refractivity contribution in [2.75, 3.05) is 0 Å². The van der Waals surface area contributed by atoms with Crippen molar-refractivity contribution >= 4 is 22.1 Å². The van der Waals surface area contributed by atoms with Crippen molar-refractivity contribution in [3.8, 4) is 22.5 Å². The molecule has 1 radical (unpaired) electrons. The number of aryl methyl sites for hydroxylation is 5. The number of hydrogen-bond donors (Lipinski definition) is 0. The Morgan fingerprint density at radius 1 is 0.721 bits per heavy atom. The van der Waals surface area contributed by atoms with Crippen molar-refractivity contribution in [3.05, 3.63) is 150 Å². The van der Waals surface area contributed by atoms with Gasteiger partial charge >= 0.3 is 0 Å². The van der Waals surface area contributed by atoms with E-state index >= 15 is 0 Å². The van der Waals surface area contributed by atoms with E-state index in [1.54, 1.807) is 6.20 Å². The summed E-state index contributed by atoms with van der Waals surface area (Å²) in [5, 5.41) is 2.08. The number of aromatic nitrogens is 3. The minimum atomic E-state index is 0. The molecule has 0 bridgehead atoms. The molecule has 0 saturated carbocycles. The first-order valence-electron chi connectivity index (χ1n) is 14.2. The van der Waals surface area contributed by atoms with Crippen LogP contribution in [0.5, 0.6) is 0 Å². The van der Waals surface area contributed by atoms with Crippen molar-refractivity contribution in [2.45, 2.75) is 33.6 Å². The maximum atomic E-state index is 6.15. The summed E-state index contributed by atoms with van der Waals surface area (Å²) in [5.74, 6) is 0. The van der Waals surface area contributed by atoms with Crippen LogP contribution in [-0.2, 0) is 32.9 Å². The summed E-state index contributed by atoms with van der Waals surface area (Å²) in [6.45, 7) is 6.24. The molecule has 0 fully saturated rings. The Labute approximate surface area is 266 Å². The topological polar surface area (TPSA) is 51.8 Å². The van der Waals surface area contributed by atoms with Crippen molar-refractivity contribution in [1.29, 1.82) is 0 Å². The SMILES string of the molecule is Cc1c[c-]c(-c2cc(C)c(C)cn2)cc1.[Ir].[c-]1ccc2c(oc3nc(CCc4ccccc4)ccc32)c1-c1ccccn1. The summed E-state index contributed by atoms with van der Waals surface area (Å²) >= 11 is 0. The molecule has 0 aliphatic rings. The van der Waals surface area contributed by atoms with Crippen LogP contribution < -0.4 is 0 Å². The maximum absolute atomic E-state index is 6.15. The van der Waals surface area contributed by atoms with Gasteiger partial charge in [0.25, 0.3) is 0 Å². The van der Waals surface area contributed by atoms with Gasteiger partial charge in [0.15, 0.2) is 0 Å². The van der Waals surface area contributed by atoms with E-state index in [1.165, 1.54) is 22.3 Å². The quantitative estimate of drug-likeness (QED) is 0.166. The molecule has 0 atom stereocenters. The van der Waals surface area contributed by atoms with Crippen LogP contribution >= 0.6 is 0 Å². The van der Waals surface area contributed by atoms with E-state index < -0.39 is 0 Å². The average molecular weight is 738 g/mol. The molecule has 5 heteroatoms. The minimum Gasteiger partial charge on any atom is -0.486 e. The molecular weight excluding hydrogens is 707 g/mol. The minimum absolute atomic E-state index is 0. The molecule has 0 aliphatic carbocycles. The summed E-state index contributed by atoms with van der Waals surface area (Å²) in [4.78, 5) is 13.6. The fourth-order valence-electron chi connectivity index (χ4n) is 4.85. The third kappa shape index (κ3) is 6.97. The largest absolute Gasteiger partial charge is 0.486 e. The molecule has 0 amide bonds. The van der Waals surface area contributed by atoms with E-state index in [1.807, 2.05) is 48.7 Å². The fraction of sp³-hybridized carbons (Fsp3) is 0.132. The Morgan fingerprint density at radius 3 is 2.30 bits per heavy atom. The zero-order valence-corrected chi connectivity index (χ0v) is 26.8. The molecule has 7 rings (SSSR count). The summed E-state index contributed by atoms with van der Waals surface area (Å²) in [7, 11) is 0. The molecule has 0 N–H and O–H groups in total. The van der Waals surface area contributed by atoms with Gasteiger partial charge in [-0.2, -0.15) is 0 Å². The number of hydrogen-bond acceptors (Lipinski definition) is 4. The third-order valence-corrected chi connectivity index (χ3v) is 7.41. The molecule has 4 aromatic heterocycles. The van der Waals surface area contributed by atoms with Crippen LogP contribution in [0.1, 0.15) is 27.9 Å². The first kappa shape index (κ1) is 30.0. The van der Waals surface area contributed by atoms with Crippen LogP contribution in [0.4, 0.5) is 0 Å². The summed E-state index contributed by atoms with van der Waals surface area (Å²) < 4.78 is 6.15. The molecule has 0 saturated heterocycles. The number of rotatable bonds is 5. The zero-order chi connectivity index (χ0) is 28.9. The molecule has 7 aromatic rings. The Kier molecular flexibility index (Phi) is 9.56. The maximum Gasteiger partial charge on any atom is 0.216 e. The Morgan fingerprint density at radius 2 is 1.56 bits per heavy atom. The van der Waals surface area contributed by atoms with E-state index in [4.69, 9.17) is 9.40 Å². The van der Waals surface area contributed by atoms with Gasteiger partial charge in [-0.3, -0.25) is 0 Å². The normalized spacial score (nSPS) is 10.7. The van der Waals surface area contributed by atoms with E-state index in [0.717, 1.165) is 57.4 Å². The van der Waals surface area contributed by atoms with Gasteiger partial charge in [0.1, 0.15) is 0 Å². The summed E-state index contributed by atoms with van der Waals surface area (Å²) in [6, 6.07) is 39.2. The van der Waals surface area contributed by atoms with Gasteiger partial charge in [-0.1, -0.05) is 72.0 Å². The third-order valence-electron chi connectivity index (χ3n) is 7.41. The molecular formula is C38H31IrN3O-2. The van der Waals surface area contributed by atoms with Crippen LogP contribution in [0.15, 0.2) is 114 Å². The predicted molar refractivity (Wildman–Crippen MR) is 170 cm³/mol. The molecule has 215 valence electrons. The number of nitrogens with zero attached hydrogens (tertiary/aromatic N) is 3. The Bertz CT molecular complexity index is 1950. The van der Waals surface area contributed by atoms with Gasteiger partial charge in [0.2, 0.25) is 5.71 Å². The average Bonchev–Trinajstić information content (AvgIpc) is 3.41. The van der Waals surface area contributed by atoms with E-state index in [-0.39, 0.29) is 20.1 Å². The van der Waals surface area contributed by atoms with Crippen LogP contribution in [0, 0.1) is 32.9 Å². The molecule has 0 spiro atoms. The van der Waals surface area contributed by atoms with Crippen LogP contribution in [-0.4, -0.2) is 15.0 Å². The Hall–Kier alpha value is -4.44. The smallest absolute Gasteiger partial charge is 0.216 e. The van der Waals surface area contributed by atoms with Crippen molar-refractivity contribution in [2.24, 2.45) is 0 Å². The second-order valence-electron chi connectivity index (χ2n) is 10.5. The van der Waals surface area contributed by atoms with Crippen LogP contribution in [0.3, 0.4) is 0 Å². The van der Waals surface area contributed by atoms with E-state index in [0.29, 0.717) is 5.71 Å². The second-order valence-corrected chi connectivity index (χ2v) is 10.5. The van der Waals surface area contributed by atoms with Crippen molar-refractivity contribution < 1.29 is 24.5 Å². The molecule has 0 unspecified atom stereocenters. The van der Waals surface area contributed by atoms with Gasteiger partial charge in [0.05, 0.1) is 5.58 Å². The number of benzene rings is 3. The zero-order valence-electron chi connectivity index (χ0n) is 24.4. The first-order valence-corrected chi connectivity index (χ1v) is 14.2. The standard InChI is InChI=1S/C24H17N2O.C14H14N.Ir/c1-2-7-17(8-3-1)12-13-18-14-15-20-19-9-6-10-21(22-11-4-5-16-25-22)23(19)27-24(20)26-18;1-10-4-6-13(7-5-10)14-8-11(2)12(3)9-15-14;/h1-9,11,14-16H,12-13H2;4-6,8-9H,1-3H3;/q2*-1;. The molecule has 43 heavy (non-hydrogen) atoms. The Balaban J connectivity index is 0.000000197. The second kappa shape index (κ2) is 13.7. The molecule has 4 heterocycles. The molecule has 0 aliphatic heterocycles. The molecule has 3 aromatic carbocycles. The van der Waals surface area contributed by atoms with Crippen molar-refractivity contribution in [3.63, 3.8) is 0 Å². The van der Waals surface area contributed by atoms with Crippen molar-refractivity contribution in [1.82, 2.24) is 15.0 Å². The number of fused-ring (bicyclic) bond motifs is 3. The van der Waals surface area contributed by atoms with Gasteiger partial charge in [0, 0.05) is 43.6 Å². The van der Waals surface area contributed by atoms with E-state index in [9.17, 15) is 0 Å². The number of pyridine rings is 3. The van der Waals surface area contributed by atoms with E-state index in [2.05, 4.69) is 97.5 Å². The molecule has 4 nitrogen and oxygen atoms in total. The van der Waals surface area contributed by atoms with Gasteiger partial charge in [-0.15, -0.1) is 53.6 Å². The van der Waals surface area contributed by atoms with Crippen LogP contribution in [0.25, 0.3) is 44.6 Å². The first-order chi connectivity index (χ1) is 20.5. The monoisotopic (exact) mass is 738 g/mol. The summed E-state index contributed by atoms with van der Waals surface area (Å²) in [6.07, 6.45) is 5.55.